The first kappa shape index (κ1) is 17.3. The molecule has 2 aromatic heterocycles. The van der Waals surface area contributed by atoms with E-state index in [1.807, 2.05) is 35.3 Å². The maximum Gasteiger partial charge on any atom is 0.209 e. The lowest BCUT2D eigenvalue weighted by Crippen LogP contribution is -2.26. The summed E-state index contributed by atoms with van der Waals surface area (Å²) in [4.78, 5) is 6.70. The Balaban J connectivity index is 1.50. The largest absolute Gasteiger partial charge is 0.330 e. The fraction of sp³-hybridized carbons (Fsp3) is 0.316. The van der Waals surface area contributed by atoms with E-state index in [2.05, 4.69) is 45.4 Å². The van der Waals surface area contributed by atoms with Crippen LogP contribution >= 0.6 is 23.6 Å². The van der Waals surface area contributed by atoms with E-state index in [1.54, 1.807) is 0 Å². The summed E-state index contributed by atoms with van der Waals surface area (Å²) in [6, 6.07) is 12.8. The second kappa shape index (κ2) is 7.65. The van der Waals surface area contributed by atoms with E-state index in [4.69, 9.17) is 12.2 Å². The van der Waals surface area contributed by atoms with Crippen LogP contribution in [0.15, 0.2) is 48.8 Å². The highest BCUT2D eigenvalue weighted by Gasteiger charge is 2.26. The average molecular weight is 384 g/mol. The zero-order valence-electron chi connectivity index (χ0n) is 14.6. The molecule has 1 saturated heterocycles. The normalized spacial score (nSPS) is 17.5. The number of nitrogens with zero attached hydrogens (tertiary/aromatic N) is 4. The van der Waals surface area contributed by atoms with E-state index >= 15 is 0 Å². The monoisotopic (exact) mass is 383 g/mol. The standard InChI is InChI=1S/C19H21N5S2/c1-14-5-2-7-16(11-14)21-18-22-24(19(25)26-18)13-23-10-4-8-17(23)15-6-3-9-20-12-15/h2-3,5-7,9,11-12,17H,4,8,10,13H2,1H3,(H,21,22). The minimum Gasteiger partial charge on any atom is -0.330 e. The highest BCUT2D eigenvalue weighted by molar-refractivity contribution is 7.73. The van der Waals surface area contributed by atoms with Crippen molar-refractivity contribution in [3.63, 3.8) is 0 Å². The predicted octanol–water partition coefficient (Wildman–Crippen LogP) is 4.92. The van der Waals surface area contributed by atoms with Crippen LogP contribution in [0.25, 0.3) is 0 Å². The first-order chi connectivity index (χ1) is 12.7. The van der Waals surface area contributed by atoms with Gasteiger partial charge in [-0.1, -0.05) is 29.5 Å². The summed E-state index contributed by atoms with van der Waals surface area (Å²) in [6.07, 6.45) is 6.12. The number of hydrogen-bond donors (Lipinski definition) is 1. The van der Waals surface area contributed by atoms with Crippen molar-refractivity contribution in [2.24, 2.45) is 0 Å². The number of aryl methyl sites for hydroxylation is 1. The van der Waals surface area contributed by atoms with Crippen LogP contribution in [0.5, 0.6) is 0 Å². The average Bonchev–Trinajstić information content (AvgIpc) is 3.23. The van der Waals surface area contributed by atoms with Crippen LogP contribution in [0.3, 0.4) is 0 Å². The minimum atomic E-state index is 0.389. The molecular formula is C19H21N5S2. The maximum absolute atomic E-state index is 5.54. The second-order valence-corrected chi connectivity index (χ2v) is 8.19. The molecule has 1 aliphatic heterocycles. The van der Waals surface area contributed by atoms with E-state index in [1.165, 1.54) is 28.9 Å². The highest BCUT2D eigenvalue weighted by Crippen LogP contribution is 2.32. The van der Waals surface area contributed by atoms with Crippen molar-refractivity contribution < 1.29 is 0 Å². The van der Waals surface area contributed by atoms with Crippen molar-refractivity contribution in [3.05, 3.63) is 63.9 Å². The molecule has 7 heteroatoms. The van der Waals surface area contributed by atoms with Crippen LogP contribution in [0.1, 0.15) is 30.0 Å². The first-order valence-corrected chi connectivity index (χ1v) is 9.97. The molecule has 5 nitrogen and oxygen atoms in total. The minimum absolute atomic E-state index is 0.389. The third-order valence-corrected chi connectivity index (χ3v) is 5.85. The summed E-state index contributed by atoms with van der Waals surface area (Å²) in [5.74, 6) is 0. The first-order valence-electron chi connectivity index (χ1n) is 8.75. The van der Waals surface area contributed by atoms with Gasteiger partial charge in [-0.05, 0) is 61.3 Å². The number of pyridine rings is 1. The lowest BCUT2D eigenvalue weighted by Gasteiger charge is -2.24. The Morgan fingerprint density at radius 1 is 1.31 bits per heavy atom. The topological polar surface area (TPSA) is 46.0 Å². The lowest BCUT2D eigenvalue weighted by atomic mass is 10.1. The molecule has 0 amide bonds. The molecule has 3 aromatic rings. The molecule has 1 aliphatic rings. The second-order valence-electron chi connectivity index (χ2n) is 6.57. The molecule has 4 rings (SSSR count). The van der Waals surface area contributed by atoms with E-state index in [-0.39, 0.29) is 0 Å². The van der Waals surface area contributed by atoms with Gasteiger partial charge in [0.1, 0.15) is 0 Å². The Morgan fingerprint density at radius 2 is 2.23 bits per heavy atom. The molecule has 26 heavy (non-hydrogen) atoms. The molecule has 1 aromatic carbocycles. The van der Waals surface area contributed by atoms with E-state index < -0.39 is 0 Å². The number of nitrogens with one attached hydrogen (secondary N) is 1. The molecule has 0 spiro atoms. The van der Waals surface area contributed by atoms with Crippen molar-refractivity contribution in [1.82, 2.24) is 19.7 Å². The van der Waals surface area contributed by atoms with Gasteiger partial charge in [-0.2, -0.15) is 0 Å². The third kappa shape index (κ3) is 3.85. The van der Waals surface area contributed by atoms with Gasteiger partial charge in [0.15, 0.2) is 3.95 Å². The SMILES string of the molecule is Cc1cccc(Nc2nn(CN3CCCC3c3cccnc3)c(=S)s2)c1. The number of anilines is 2. The fourth-order valence-electron chi connectivity index (χ4n) is 3.41. The molecule has 134 valence electrons. The third-order valence-electron chi connectivity index (χ3n) is 4.62. The zero-order valence-corrected chi connectivity index (χ0v) is 16.3. The molecule has 3 heterocycles. The molecule has 0 radical (unpaired) electrons. The quantitative estimate of drug-likeness (QED) is 0.634. The van der Waals surface area contributed by atoms with Crippen molar-refractivity contribution >= 4 is 34.4 Å². The zero-order chi connectivity index (χ0) is 17.9. The van der Waals surface area contributed by atoms with Gasteiger partial charge in [-0.15, -0.1) is 5.10 Å². The smallest absolute Gasteiger partial charge is 0.209 e. The highest BCUT2D eigenvalue weighted by atomic mass is 32.1. The summed E-state index contributed by atoms with van der Waals surface area (Å²) in [5.41, 5.74) is 3.52. The van der Waals surface area contributed by atoms with E-state index in [0.717, 1.165) is 27.7 Å². The van der Waals surface area contributed by atoms with Gasteiger partial charge in [0.05, 0.1) is 6.67 Å². The number of hydrogen-bond acceptors (Lipinski definition) is 6. The van der Waals surface area contributed by atoms with Crippen LogP contribution in [0.4, 0.5) is 10.8 Å². The van der Waals surface area contributed by atoms with Crippen LogP contribution in [0.2, 0.25) is 0 Å². The molecule has 1 fully saturated rings. The van der Waals surface area contributed by atoms with Crippen molar-refractivity contribution in [2.45, 2.75) is 32.5 Å². The molecule has 1 atom stereocenters. The van der Waals surface area contributed by atoms with E-state index in [0.29, 0.717) is 12.7 Å². The fourth-order valence-corrected chi connectivity index (χ4v) is 4.42. The Hall–Kier alpha value is -2.09. The molecule has 0 saturated carbocycles. The number of benzene rings is 1. The van der Waals surface area contributed by atoms with Gasteiger partial charge in [-0.3, -0.25) is 9.88 Å². The van der Waals surface area contributed by atoms with Gasteiger partial charge >= 0.3 is 0 Å². The summed E-state index contributed by atoms with van der Waals surface area (Å²) < 4.78 is 2.71. The van der Waals surface area contributed by atoms with Crippen LogP contribution in [-0.2, 0) is 6.67 Å². The molecule has 0 aliphatic carbocycles. The van der Waals surface area contributed by atoms with Gasteiger partial charge in [0, 0.05) is 30.7 Å². The Bertz CT molecular complexity index is 934. The van der Waals surface area contributed by atoms with Gasteiger partial charge < -0.3 is 5.32 Å². The van der Waals surface area contributed by atoms with Gasteiger partial charge in [-0.25, -0.2) is 4.68 Å². The van der Waals surface area contributed by atoms with Gasteiger partial charge in [0.25, 0.3) is 0 Å². The number of aromatic nitrogens is 3. The van der Waals surface area contributed by atoms with Gasteiger partial charge in [0.2, 0.25) is 5.13 Å². The van der Waals surface area contributed by atoms with Crippen molar-refractivity contribution in [3.8, 4) is 0 Å². The van der Waals surface area contributed by atoms with Crippen molar-refractivity contribution in [1.29, 1.82) is 0 Å². The van der Waals surface area contributed by atoms with E-state index in [9.17, 15) is 0 Å². The number of rotatable bonds is 5. The molecule has 1 unspecified atom stereocenters. The lowest BCUT2D eigenvalue weighted by molar-refractivity contribution is 0.191. The Kier molecular flexibility index (Phi) is 5.10. The summed E-state index contributed by atoms with van der Waals surface area (Å²) >= 11 is 7.06. The maximum atomic E-state index is 5.54. The molecular weight excluding hydrogens is 362 g/mol. The molecule has 1 N–H and O–H groups in total. The van der Waals surface area contributed by atoms with Crippen LogP contribution in [0, 0.1) is 10.9 Å². The summed E-state index contributed by atoms with van der Waals surface area (Å²) in [5, 5.41) is 8.89. The summed E-state index contributed by atoms with van der Waals surface area (Å²) in [7, 11) is 0. The van der Waals surface area contributed by atoms with Crippen LogP contribution < -0.4 is 5.32 Å². The summed E-state index contributed by atoms with van der Waals surface area (Å²) in [6.45, 7) is 3.85. The Labute approximate surface area is 162 Å². The Morgan fingerprint density at radius 3 is 3.04 bits per heavy atom. The number of likely N-dealkylation sites (tertiary alicyclic amines) is 1. The van der Waals surface area contributed by atoms with Crippen molar-refractivity contribution in [2.75, 3.05) is 11.9 Å². The molecule has 0 bridgehead atoms. The van der Waals surface area contributed by atoms with Crippen LogP contribution in [-0.4, -0.2) is 26.2 Å². The predicted molar refractivity (Wildman–Crippen MR) is 108 cm³/mol.